The van der Waals surface area contributed by atoms with Crippen molar-refractivity contribution < 1.29 is 28.6 Å². The third kappa shape index (κ3) is 12.5. The lowest BCUT2D eigenvalue weighted by atomic mass is 9.89. The number of phenols is 1. The van der Waals surface area contributed by atoms with E-state index in [2.05, 4.69) is 78.4 Å². The number of piperidine rings is 1. The van der Waals surface area contributed by atoms with Crippen molar-refractivity contribution in [3.63, 3.8) is 0 Å². The fraction of sp³-hybridized carbons (Fsp3) is 0.592. The maximum atomic E-state index is 13.3. The molecular formula is C49H71N7O7Si. The Morgan fingerprint density at radius 3 is 2.47 bits per heavy atom. The first-order valence-electron chi connectivity index (χ1n) is 23.4. The van der Waals surface area contributed by atoms with Crippen LogP contribution in [-0.2, 0) is 38.1 Å². The van der Waals surface area contributed by atoms with Gasteiger partial charge in [-0.3, -0.25) is 19.1 Å². The van der Waals surface area contributed by atoms with E-state index in [1.807, 2.05) is 35.0 Å². The highest BCUT2D eigenvalue weighted by Crippen LogP contribution is 2.41. The third-order valence-electron chi connectivity index (χ3n) is 13.9. The van der Waals surface area contributed by atoms with E-state index in [-0.39, 0.29) is 39.9 Å². The minimum Gasteiger partial charge on any atom is -0.506 e. The molecule has 0 radical (unpaired) electrons. The highest BCUT2D eigenvalue weighted by molar-refractivity contribution is 6.74. The van der Waals surface area contributed by atoms with Crippen molar-refractivity contribution in [2.45, 2.75) is 102 Å². The largest absolute Gasteiger partial charge is 0.506 e. The molecule has 348 valence electrons. The molecule has 4 heterocycles. The van der Waals surface area contributed by atoms with Crippen LogP contribution < -0.4 is 10.9 Å². The van der Waals surface area contributed by atoms with Crippen LogP contribution in [0.2, 0.25) is 18.1 Å². The van der Waals surface area contributed by atoms with E-state index in [9.17, 15) is 19.5 Å². The average Bonchev–Trinajstić information content (AvgIpc) is 3.97. The number of carbonyl (C=O) groups is 2. The quantitative estimate of drug-likeness (QED) is 0.0696. The Morgan fingerprint density at radius 1 is 1.02 bits per heavy atom. The number of aromatic hydroxyl groups is 1. The molecule has 2 saturated heterocycles. The number of hydrogen-bond acceptors (Lipinski definition) is 10. The van der Waals surface area contributed by atoms with E-state index in [0.717, 1.165) is 68.7 Å². The standard InChI is InChI=1S/C49H71N7O7Si/c1-48(2,3)64(5,6)63-43(39-13-15-42(57)46-40(39)14-16-44(58)51-46)33-50-23-28-53(4)45(59)20-31-61-30-19-37-9-7-36(8-10-37)17-24-54-26-21-49(22-27-54)35-55(29-32-62-49)47(60)41-18-25-56(52-41)34-38-11-12-38/h7-10,13-16,18,25,38,43,50,57H,11-12,17,19-24,26-35H2,1-6H3,(H,51,58)/t43-/m0/s1. The van der Waals surface area contributed by atoms with Gasteiger partial charge in [0.2, 0.25) is 11.5 Å². The smallest absolute Gasteiger partial charge is 0.274 e. The molecule has 1 spiro atoms. The molecule has 1 atom stereocenters. The molecule has 4 aromatic rings. The zero-order valence-corrected chi connectivity index (χ0v) is 40.0. The van der Waals surface area contributed by atoms with Crippen LogP contribution in [0.25, 0.3) is 10.9 Å². The number of phenolic OH excluding ortho intramolecular Hbond substituents is 1. The fourth-order valence-corrected chi connectivity index (χ4v) is 9.78. The van der Waals surface area contributed by atoms with E-state index < -0.39 is 8.32 Å². The van der Waals surface area contributed by atoms with E-state index in [1.54, 1.807) is 17.0 Å². The van der Waals surface area contributed by atoms with Crippen molar-refractivity contribution in [3.05, 3.63) is 93.5 Å². The first kappa shape index (κ1) is 47.6. The van der Waals surface area contributed by atoms with Crippen molar-refractivity contribution in [3.8, 4) is 5.75 Å². The molecule has 3 N–H and O–H groups in total. The molecule has 2 aliphatic heterocycles. The maximum Gasteiger partial charge on any atom is 0.274 e. The molecule has 2 aromatic carbocycles. The van der Waals surface area contributed by atoms with Crippen LogP contribution >= 0.6 is 0 Å². The average molecular weight is 898 g/mol. The summed E-state index contributed by atoms with van der Waals surface area (Å²) >= 11 is 0. The monoisotopic (exact) mass is 898 g/mol. The summed E-state index contributed by atoms with van der Waals surface area (Å²) in [5, 5.41) is 19.3. The number of pyridine rings is 1. The minimum absolute atomic E-state index is 0.0199. The maximum absolute atomic E-state index is 13.3. The molecule has 0 bridgehead atoms. The highest BCUT2D eigenvalue weighted by Gasteiger charge is 2.42. The summed E-state index contributed by atoms with van der Waals surface area (Å²) in [6, 6.07) is 17.3. The predicted octanol–water partition coefficient (Wildman–Crippen LogP) is 6.15. The van der Waals surface area contributed by atoms with Gasteiger partial charge >= 0.3 is 0 Å². The Morgan fingerprint density at radius 2 is 1.75 bits per heavy atom. The molecule has 14 nitrogen and oxygen atoms in total. The number of aromatic amines is 1. The van der Waals surface area contributed by atoms with Crippen molar-refractivity contribution in [1.82, 2.24) is 34.8 Å². The van der Waals surface area contributed by atoms with Crippen LogP contribution in [0.3, 0.4) is 0 Å². The van der Waals surface area contributed by atoms with Crippen molar-refractivity contribution in [2.75, 3.05) is 79.2 Å². The zero-order valence-electron chi connectivity index (χ0n) is 39.0. The summed E-state index contributed by atoms with van der Waals surface area (Å²) in [7, 11) is -0.387. The molecule has 15 heteroatoms. The SMILES string of the molecule is CN(CCNC[C@H](O[Si](C)(C)C(C)(C)C)c1ccc(O)c2[nH]c(=O)ccc12)C(=O)CCOCCc1ccc(CCN2CCC3(CC2)CN(C(=O)c2ccn(CC4CC4)n2)CCO3)cc1. The van der Waals surface area contributed by atoms with Gasteiger partial charge in [0.15, 0.2) is 8.32 Å². The molecule has 1 saturated carbocycles. The van der Waals surface area contributed by atoms with E-state index >= 15 is 0 Å². The van der Waals surface area contributed by atoms with Crippen LogP contribution in [0, 0.1) is 5.92 Å². The Hall–Kier alpha value is -4.38. The molecule has 2 aromatic heterocycles. The van der Waals surface area contributed by atoms with Gasteiger partial charge in [0, 0.05) is 77.1 Å². The number of amides is 2. The Balaban J connectivity index is 0.771. The molecule has 0 unspecified atom stereocenters. The van der Waals surface area contributed by atoms with Gasteiger partial charge < -0.3 is 44.0 Å². The summed E-state index contributed by atoms with van der Waals surface area (Å²) in [4.78, 5) is 47.3. The van der Waals surface area contributed by atoms with Crippen LogP contribution in [-0.4, -0.2) is 140 Å². The number of H-pyrrole nitrogens is 1. The summed E-state index contributed by atoms with van der Waals surface area (Å²) < 4.78 is 21.1. The Kier molecular flexibility index (Phi) is 15.5. The number of nitrogens with zero attached hydrogens (tertiary/aromatic N) is 5. The summed E-state index contributed by atoms with van der Waals surface area (Å²) in [6.45, 7) is 19.2. The second-order valence-corrected chi connectivity index (χ2v) is 24.6. The number of hydrogen-bond donors (Lipinski definition) is 3. The van der Waals surface area contributed by atoms with E-state index in [1.165, 1.54) is 30.0 Å². The van der Waals surface area contributed by atoms with Crippen LogP contribution in [0.4, 0.5) is 0 Å². The van der Waals surface area contributed by atoms with Crippen molar-refractivity contribution >= 4 is 31.0 Å². The van der Waals surface area contributed by atoms with Gasteiger partial charge in [0.05, 0.1) is 50.0 Å². The minimum atomic E-state index is -2.20. The zero-order chi connectivity index (χ0) is 45.5. The second kappa shape index (κ2) is 20.8. The lowest BCUT2D eigenvalue weighted by Gasteiger charge is -2.47. The summed E-state index contributed by atoms with van der Waals surface area (Å²) in [5.41, 5.74) is 3.82. The molecule has 3 fully saturated rings. The molecular weight excluding hydrogens is 827 g/mol. The molecule has 64 heavy (non-hydrogen) atoms. The highest BCUT2D eigenvalue weighted by atomic mass is 28.4. The van der Waals surface area contributed by atoms with Crippen molar-refractivity contribution in [2.24, 2.45) is 5.92 Å². The lowest BCUT2D eigenvalue weighted by molar-refractivity contribution is -0.131. The first-order valence-corrected chi connectivity index (χ1v) is 26.3. The Bertz CT molecular complexity index is 2240. The van der Waals surface area contributed by atoms with Gasteiger partial charge in [-0.1, -0.05) is 51.1 Å². The first-order chi connectivity index (χ1) is 30.6. The topological polar surface area (TPSA) is 154 Å². The number of morpholine rings is 1. The normalized spacial score (nSPS) is 17.6. The summed E-state index contributed by atoms with van der Waals surface area (Å²) in [6.07, 6.45) is 8.07. The van der Waals surface area contributed by atoms with Crippen LogP contribution in [0.15, 0.2) is 65.6 Å². The number of nitrogens with one attached hydrogen (secondary N) is 2. The Labute approximate surface area is 379 Å². The number of likely N-dealkylation sites (tertiary alicyclic amines) is 1. The summed E-state index contributed by atoms with van der Waals surface area (Å²) in [5.74, 6) is 0.792. The third-order valence-corrected chi connectivity index (χ3v) is 18.4. The lowest BCUT2D eigenvalue weighted by Crippen LogP contribution is -2.58. The van der Waals surface area contributed by atoms with Gasteiger partial charge in [-0.2, -0.15) is 5.10 Å². The van der Waals surface area contributed by atoms with Crippen LogP contribution in [0.5, 0.6) is 5.75 Å². The van der Waals surface area contributed by atoms with Crippen molar-refractivity contribution in [1.29, 1.82) is 0 Å². The van der Waals surface area contributed by atoms with Gasteiger partial charge in [-0.15, -0.1) is 0 Å². The van der Waals surface area contributed by atoms with Gasteiger partial charge in [0.1, 0.15) is 11.4 Å². The van der Waals surface area contributed by atoms with Gasteiger partial charge in [-0.05, 0) is 97.5 Å². The fourth-order valence-electron chi connectivity index (χ4n) is 8.50. The predicted molar refractivity (Wildman–Crippen MR) is 252 cm³/mol. The van der Waals surface area contributed by atoms with Gasteiger partial charge in [-0.25, -0.2) is 0 Å². The number of likely N-dealkylation sites (N-methyl/N-ethyl adjacent to an activating group) is 1. The number of aromatic nitrogens is 3. The molecule has 2 amide bonds. The van der Waals surface area contributed by atoms with E-state index in [0.29, 0.717) is 70.2 Å². The number of carbonyl (C=O) groups excluding carboxylic acids is 2. The van der Waals surface area contributed by atoms with Gasteiger partial charge in [0.25, 0.3) is 5.91 Å². The number of ether oxygens (including phenoxy) is 2. The molecule has 1 aliphatic carbocycles. The van der Waals surface area contributed by atoms with E-state index in [4.69, 9.17) is 13.9 Å². The number of rotatable bonds is 20. The van der Waals surface area contributed by atoms with Crippen LogP contribution in [0.1, 0.15) is 86.2 Å². The number of benzene rings is 2. The molecule has 3 aliphatic rings. The second-order valence-electron chi connectivity index (χ2n) is 19.8. The number of fused-ring (bicyclic) bond motifs is 1. The molecule has 7 rings (SSSR count).